The Labute approximate surface area is 107 Å². The van der Waals surface area contributed by atoms with Crippen LogP contribution in [0.25, 0.3) is 0 Å². The van der Waals surface area contributed by atoms with Crippen molar-refractivity contribution in [3.05, 3.63) is 30.1 Å². The quantitative estimate of drug-likeness (QED) is 0.864. The smallest absolute Gasteiger partial charge is 0.220 e. The predicted octanol–water partition coefficient (Wildman–Crippen LogP) is 0.523. The zero-order valence-corrected chi connectivity index (χ0v) is 10.8. The van der Waals surface area contributed by atoms with Crippen LogP contribution >= 0.6 is 0 Å². The van der Waals surface area contributed by atoms with Crippen LogP contribution in [0.2, 0.25) is 0 Å². The number of pyridine rings is 1. The number of carbonyl (C=O) groups is 1. The standard InChI is InChI=1S/C12H16N2O3S/c15-12(7-10-4-6-18(16,17)9-10)14-8-11-3-1-2-5-13-11/h1-3,5,10H,4,6-9H2,(H,14,15). The molecule has 98 valence electrons. The molecule has 1 N–H and O–H groups in total. The molecule has 1 aliphatic rings. The highest BCUT2D eigenvalue weighted by molar-refractivity contribution is 7.91. The molecule has 18 heavy (non-hydrogen) atoms. The fraction of sp³-hybridized carbons (Fsp3) is 0.500. The van der Waals surface area contributed by atoms with Crippen LogP contribution in [-0.2, 0) is 21.2 Å². The maximum Gasteiger partial charge on any atom is 0.220 e. The van der Waals surface area contributed by atoms with Crippen LogP contribution in [0.1, 0.15) is 18.5 Å². The van der Waals surface area contributed by atoms with E-state index in [2.05, 4.69) is 10.3 Å². The van der Waals surface area contributed by atoms with Crippen molar-refractivity contribution >= 4 is 15.7 Å². The first-order valence-electron chi connectivity index (χ1n) is 5.92. The van der Waals surface area contributed by atoms with E-state index in [1.165, 1.54) is 0 Å². The van der Waals surface area contributed by atoms with E-state index in [0.717, 1.165) is 5.69 Å². The molecule has 1 aliphatic heterocycles. The Morgan fingerprint density at radius 2 is 2.28 bits per heavy atom. The number of hydrogen-bond donors (Lipinski definition) is 1. The van der Waals surface area contributed by atoms with E-state index in [1.807, 2.05) is 18.2 Å². The van der Waals surface area contributed by atoms with Crippen molar-refractivity contribution in [1.82, 2.24) is 10.3 Å². The zero-order valence-electron chi connectivity index (χ0n) is 10.0. The summed E-state index contributed by atoms with van der Waals surface area (Å²) >= 11 is 0. The first-order valence-corrected chi connectivity index (χ1v) is 7.74. The third-order valence-corrected chi connectivity index (χ3v) is 4.83. The largest absolute Gasteiger partial charge is 0.350 e. The van der Waals surface area contributed by atoms with Gasteiger partial charge in [0.25, 0.3) is 0 Å². The average Bonchev–Trinajstić information content (AvgIpc) is 2.67. The molecule has 1 atom stereocenters. The average molecular weight is 268 g/mol. The van der Waals surface area contributed by atoms with Crippen LogP contribution in [0, 0.1) is 5.92 Å². The summed E-state index contributed by atoms with van der Waals surface area (Å²) in [6, 6.07) is 5.51. The Bertz CT molecular complexity index is 513. The lowest BCUT2D eigenvalue weighted by atomic mass is 10.1. The summed E-state index contributed by atoms with van der Waals surface area (Å²) in [5.41, 5.74) is 0.796. The second-order valence-corrected chi connectivity index (χ2v) is 6.80. The fourth-order valence-corrected chi connectivity index (χ4v) is 3.92. The molecule has 1 aromatic rings. The number of carbonyl (C=O) groups excluding carboxylic acids is 1. The van der Waals surface area contributed by atoms with Crippen LogP contribution in [0.5, 0.6) is 0 Å². The lowest BCUT2D eigenvalue weighted by molar-refractivity contribution is -0.122. The molecule has 1 saturated heterocycles. The Morgan fingerprint density at radius 3 is 2.89 bits per heavy atom. The Hall–Kier alpha value is -1.43. The van der Waals surface area contributed by atoms with Gasteiger partial charge in [0, 0.05) is 12.6 Å². The van der Waals surface area contributed by atoms with Gasteiger partial charge in [-0.1, -0.05) is 6.07 Å². The van der Waals surface area contributed by atoms with Gasteiger partial charge >= 0.3 is 0 Å². The molecule has 0 aromatic carbocycles. The van der Waals surface area contributed by atoms with E-state index in [1.54, 1.807) is 6.20 Å². The number of sulfone groups is 1. The first-order chi connectivity index (χ1) is 8.55. The number of rotatable bonds is 4. The number of amides is 1. The number of nitrogens with one attached hydrogen (secondary N) is 1. The number of aromatic nitrogens is 1. The summed E-state index contributed by atoms with van der Waals surface area (Å²) in [6.45, 7) is 0.388. The molecule has 1 unspecified atom stereocenters. The molecule has 2 rings (SSSR count). The van der Waals surface area contributed by atoms with Gasteiger partial charge < -0.3 is 5.32 Å². The van der Waals surface area contributed by atoms with E-state index in [4.69, 9.17) is 0 Å². The van der Waals surface area contributed by atoms with Crippen molar-refractivity contribution in [3.8, 4) is 0 Å². The molecule has 6 heteroatoms. The first kappa shape index (κ1) is 13.0. The third-order valence-electron chi connectivity index (χ3n) is 2.99. The summed E-state index contributed by atoms with van der Waals surface area (Å²) in [6.07, 6.45) is 2.55. The molecule has 1 fully saturated rings. The molecular formula is C12H16N2O3S. The van der Waals surface area contributed by atoms with E-state index in [-0.39, 0.29) is 29.8 Å². The second kappa shape index (κ2) is 5.48. The van der Waals surface area contributed by atoms with Gasteiger partial charge in [-0.25, -0.2) is 8.42 Å². The lowest BCUT2D eigenvalue weighted by Gasteiger charge is -2.08. The molecule has 0 spiro atoms. The van der Waals surface area contributed by atoms with Gasteiger partial charge in [0.2, 0.25) is 5.91 Å². The van der Waals surface area contributed by atoms with Crippen LogP contribution in [0.15, 0.2) is 24.4 Å². The molecule has 1 aromatic heterocycles. The lowest BCUT2D eigenvalue weighted by Crippen LogP contribution is -2.25. The van der Waals surface area contributed by atoms with Gasteiger partial charge in [-0.2, -0.15) is 0 Å². The minimum atomic E-state index is -2.90. The van der Waals surface area contributed by atoms with E-state index < -0.39 is 9.84 Å². The van der Waals surface area contributed by atoms with Crippen LogP contribution in [0.4, 0.5) is 0 Å². The van der Waals surface area contributed by atoms with E-state index in [0.29, 0.717) is 13.0 Å². The van der Waals surface area contributed by atoms with Gasteiger partial charge in [0.15, 0.2) is 9.84 Å². The SMILES string of the molecule is O=C(CC1CCS(=O)(=O)C1)NCc1ccccn1. The van der Waals surface area contributed by atoms with Crippen molar-refractivity contribution in [2.45, 2.75) is 19.4 Å². The molecule has 0 radical (unpaired) electrons. The maximum atomic E-state index is 11.6. The van der Waals surface area contributed by atoms with Crippen LogP contribution in [0.3, 0.4) is 0 Å². The van der Waals surface area contributed by atoms with Crippen molar-refractivity contribution in [2.75, 3.05) is 11.5 Å². The summed E-state index contributed by atoms with van der Waals surface area (Å²) < 4.78 is 22.5. The van der Waals surface area contributed by atoms with Crippen molar-refractivity contribution in [3.63, 3.8) is 0 Å². The Balaban J connectivity index is 1.76. The van der Waals surface area contributed by atoms with Gasteiger partial charge in [-0.05, 0) is 24.5 Å². The Kier molecular flexibility index (Phi) is 3.96. The number of nitrogens with zero attached hydrogens (tertiary/aromatic N) is 1. The summed E-state index contributed by atoms with van der Waals surface area (Å²) in [7, 11) is -2.90. The highest BCUT2D eigenvalue weighted by Gasteiger charge is 2.29. The molecular weight excluding hydrogens is 252 g/mol. The van der Waals surface area contributed by atoms with Gasteiger partial charge in [0.1, 0.15) is 0 Å². The molecule has 0 aliphatic carbocycles. The molecule has 2 heterocycles. The van der Waals surface area contributed by atoms with Crippen molar-refractivity contribution < 1.29 is 13.2 Å². The van der Waals surface area contributed by atoms with Crippen LogP contribution < -0.4 is 5.32 Å². The van der Waals surface area contributed by atoms with E-state index in [9.17, 15) is 13.2 Å². The zero-order chi connectivity index (χ0) is 13.0. The molecule has 1 amide bonds. The topological polar surface area (TPSA) is 76.1 Å². The molecule has 0 saturated carbocycles. The summed E-state index contributed by atoms with van der Waals surface area (Å²) in [4.78, 5) is 15.7. The van der Waals surface area contributed by atoms with Gasteiger partial charge in [-0.15, -0.1) is 0 Å². The summed E-state index contributed by atoms with van der Waals surface area (Å²) in [5.74, 6) is 0.219. The molecule has 5 nitrogen and oxygen atoms in total. The highest BCUT2D eigenvalue weighted by Crippen LogP contribution is 2.21. The predicted molar refractivity (Wildman–Crippen MR) is 67.5 cm³/mol. The maximum absolute atomic E-state index is 11.6. The van der Waals surface area contributed by atoms with Crippen molar-refractivity contribution in [1.29, 1.82) is 0 Å². The van der Waals surface area contributed by atoms with E-state index >= 15 is 0 Å². The summed E-state index contributed by atoms with van der Waals surface area (Å²) in [5, 5.41) is 2.76. The number of hydrogen-bond acceptors (Lipinski definition) is 4. The normalized spacial score (nSPS) is 21.7. The highest BCUT2D eigenvalue weighted by atomic mass is 32.2. The van der Waals surface area contributed by atoms with Crippen molar-refractivity contribution in [2.24, 2.45) is 5.92 Å². The third kappa shape index (κ3) is 3.80. The Morgan fingerprint density at radius 1 is 1.44 bits per heavy atom. The minimum Gasteiger partial charge on any atom is -0.350 e. The molecule has 0 bridgehead atoms. The monoisotopic (exact) mass is 268 g/mol. The van der Waals surface area contributed by atoms with Crippen LogP contribution in [-0.4, -0.2) is 30.8 Å². The van der Waals surface area contributed by atoms with Gasteiger partial charge in [-0.3, -0.25) is 9.78 Å². The fourth-order valence-electron chi connectivity index (χ4n) is 2.06. The minimum absolute atomic E-state index is 0.0290. The second-order valence-electron chi connectivity index (χ2n) is 4.57. The van der Waals surface area contributed by atoms with Gasteiger partial charge in [0.05, 0.1) is 23.7 Å².